The van der Waals surface area contributed by atoms with Crippen LogP contribution in [0.25, 0.3) is 0 Å². The fourth-order valence-corrected chi connectivity index (χ4v) is 2.14. The normalized spacial score (nSPS) is 15.9. The highest BCUT2D eigenvalue weighted by molar-refractivity contribution is 5.92. The summed E-state index contributed by atoms with van der Waals surface area (Å²) in [6, 6.07) is 5.82. The summed E-state index contributed by atoms with van der Waals surface area (Å²) >= 11 is 0. The second-order valence-corrected chi connectivity index (χ2v) is 4.48. The highest BCUT2D eigenvalue weighted by Gasteiger charge is 2.27. The van der Waals surface area contributed by atoms with Gasteiger partial charge in [-0.2, -0.15) is 0 Å². The van der Waals surface area contributed by atoms with Gasteiger partial charge < -0.3 is 10.0 Å². The standard InChI is InChI=1S/C14H14FNO3/c1-9-12(14(18)19)6-7-13(17)16(9)8-10-2-4-11(15)5-3-10/h2-5H,6-8H2,1H3,(H,18,19). The Balaban J connectivity index is 2.26. The second-order valence-electron chi connectivity index (χ2n) is 4.48. The van der Waals surface area contributed by atoms with Crippen molar-refractivity contribution in [3.05, 3.63) is 46.9 Å². The van der Waals surface area contributed by atoms with E-state index in [4.69, 9.17) is 5.11 Å². The molecule has 1 amide bonds. The molecule has 0 atom stereocenters. The van der Waals surface area contributed by atoms with Crippen LogP contribution in [0.1, 0.15) is 25.3 Å². The van der Waals surface area contributed by atoms with Crippen LogP contribution >= 0.6 is 0 Å². The lowest BCUT2D eigenvalue weighted by Crippen LogP contribution is -2.34. The Morgan fingerprint density at radius 3 is 2.53 bits per heavy atom. The molecule has 1 N–H and O–H groups in total. The van der Waals surface area contributed by atoms with Gasteiger partial charge in [0.15, 0.2) is 0 Å². The molecule has 0 bridgehead atoms. The van der Waals surface area contributed by atoms with E-state index in [1.54, 1.807) is 19.1 Å². The number of nitrogens with zero attached hydrogens (tertiary/aromatic N) is 1. The Hall–Kier alpha value is -2.17. The van der Waals surface area contributed by atoms with E-state index in [2.05, 4.69) is 0 Å². The van der Waals surface area contributed by atoms with E-state index >= 15 is 0 Å². The number of aliphatic carboxylic acids is 1. The summed E-state index contributed by atoms with van der Waals surface area (Å²) in [4.78, 5) is 24.4. The van der Waals surface area contributed by atoms with E-state index in [0.717, 1.165) is 5.56 Å². The molecule has 0 aliphatic carbocycles. The Morgan fingerprint density at radius 1 is 1.32 bits per heavy atom. The zero-order chi connectivity index (χ0) is 14.0. The molecule has 0 fully saturated rings. The van der Waals surface area contributed by atoms with Gasteiger partial charge in [0.1, 0.15) is 5.82 Å². The molecule has 2 rings (SSSR count). The number of allylic oxidation sites excluding steroid dienone is 1. The van der Waals surface area contributed by atoms with E-state index in [0.29, 0.717) is 5.70 Å². The lowest BCUT2D eigenvalue weighted by Gasteiger charge is -2.29. The molecule has 0 saturated heterocycles. The average molecular weight is 263 g/mol. The Bertz CT molecular complexity index is 548. The molecular weight excluding hydrogens is 249 g/mol. The van der Waals surface area contributed by atoms with E-state index < -0.39 is 5.97 Å². The minimum Gasteiger partial charge on any atom is -0.478 e. The van der Waals surface area contributed by atoms with Crippen molar-refractivity contribution in [1.29, 1.82) is 0 Å². The van der Waals surface area contributed by atoms with Gasteiger partial charge in [-0.1, -0.05) is 12.1 Å². The number of halogens is 1. The molecule has 100 valence electrons. The van der Waals surface area contributed by atoms with Gasteiger partial charge in [-0.15, -0.1) is 0 Å². The van der Waals surface area contributed by atoms with Crippen LogP contribution in [0, 0.1) is 5.82 Å². The first-order valence-electron chi connectivity index (χ1n) is 5.97. The predicted octanol–water partition coefficient (Wildman–Crippen LogP) is 2.31. The number of carboxylic acids is 1. The first-order chi connectivity index (χ1) is 8.99. The fourth-order valence-electron chi connectivity index (χ4n) is 2.14. The molecule has 0 radical (unpaired) electrons. The van der Waals surface area contributed by atoms with Crippen molar-refractivity contribution < 1.29 is 19.1 Å². The summed E-state index contributed by atoms with van der Waals surface area (Å²) in [5, 5.41) is 9.07. The maximum absolute atomic E-state index is 12.8. The van der Waals surface area contributed by atoms with Crippen LogP contribution in [0.15, 0.2) is 35.5 Å². The van der Waals surface area contributed by atoms with Crippen LogP contribution in [0.5, 0.6) is 0 Å². The topological polar surface area (TPSA) is 57.6 Å². The molecule has 5 heteroatoms. The summed E-state index contributed by atoms with van der Waals surface area (Å²) in [5.41, 5.74) is 1.50. The van der Waals surface area contributed by atoms with Gasteiger partial charge in [-0.3, -0.25) is 4.79 Å². The summed E-state index contributed by atoms with van der Waals surface area (Å²) in [7, 11) is 0. The summed E-state index contributed by atoms with van der Waals surface area (Å²) in [6.45, 7) is 1.89. The second kappa shape index (κ2) is 5.22. The van der Waals surface area contributed by atoms with Crippen molar-refractivity contribution in [2.75, 3.05) is 0 Å². The summed E-state index contributed by atoms with van der Waals surface area (Å²) < 4.78 is 12.8. The molecule has 1 aliphatic heterocycles. The van der Waals surface area contributed by atoms with E-state index in [9.17, 15) is 14.0 Å². The van der Waals surface area contributed by atoms with Crippen molar-refractivity contribution in [3.8, 4) is 0 Å². The number of benzene rings is 1. The predicted molar refractivity (Wildman–Crippen MR) is 66.5 cm³/mol. The van der Waals surface area contributed by atoms with Crippen LogP contribution < -0.4 is 0 Å². The Labute approximate surface area is 110 Å². The Morgan fingerprint density at radius 2 is 1.95 bits per heavy atom. The Kier molecular flexibility index (Phi) is 3.64. The van der Waals surface area contributed by atoms with Crippen LogP contribution in [-0.4, -0.2) is 21.9 Å². The van der Waals surface area contributed by atoms with Crippen molar-refractivity contribution in [1.82, 2.24) is 4.90 Å². The molecule has 4 nitrogen and oxygen atoms in total. The minimum absolute atomic E-state index is 0.105. The number of rotatable bonds is 3. The van der Waals surface area contributed by atoms with Crippen LogP contribution in [0.3, 0.4) is 0 Å². The van der Waals surface area contributed by atoms with Gasteiger partial charge in [-0.05, 0) is 31.0 Å². The highest BCUT2D eigenvalue weighted by Crippen LogP contribution is 2.25. The van der Waals surface area contributed by atoms with Crippen LogP contribution in [0.2, 0.25) is 0 Å². The third-order valence-electron chi connectivity index (χ3n) is 3.24. The number of carboxylic acid groups (broad SMARTS) is 1. The molecular formula is C14H14FNO3. The van der Waals surface area contributed by atoms with Crippen LogP contribution in [-0.2, 0) is 16.1 Å². The summed E-state index contributed by atoms with van der Waals surface area (Å²) in [5.74, 6) is -1.44. The lowest BCUT2D eigenvalue weighted by molar-refractivity contribution is -0.134. The van der Waals surface area contributed by atoms with Crippen molar-refractivity contribution >= 4 is 11.9 Å². The van der Waals surface area contributed by atoms with E-state index in [1.165, 1.54) is 17.0 Å². The van der Waals surface area contributed by atoms with Crippen molar-refractivity contribution in [2.45, 2.75) is 26.3 Å². The van der Waals surface area contributed by atoms with Gasteiger partial charge in [0, 0.05) is 12.1 Å². The van der Waals surface area contributed by atoms with Crippen LogP contribution in [0.4, 0.5) is 4.39 Å². The first-order valence-corrected chi connectivity index (χ1v) is 5.97. The van der Waals surface area contributed by atoms with Gasteiger partial charge in [0.25, 0.3) is 0 Å². The molecule has 0 spiro atoms. The third-order valence-corrected chi connectivity index (χ3v) is 3.24. The van der Waals surface area contributed by atoms with Gasteiger partial charge in [-0.25, -0.2) is 9.18 Å². The molecule has 1 heterocycles. The SMILES string of the molecule is CC1=C(C(=O)O)CCC(=O)N1Cc1ccc(F)cc1. The largest absolute Gasteiger partial charge is 0.478 e. The maximum atomic E-state index is 12.8. The maximum Gasteiger partial charge on any atom is 0.333 e. The summed E-state index contributed by atoms with van der Waals surface area (Å²) in [6.07, 6.45) is 0.458. The lowest BCUT2D eigenvalue weighted by atomic mass is 10.0. The van der Waals surface area contributed by atoms with Gasteiger partial charge in [0.2, 0.25) is 5.91 Å². The first kappa shape index (κ1) is 13.3. The van der Waals surface area contributed by atoms with Crippen molar-refractivity contribution in [2.24, 2.45) is 0 Å². The molecule has 1 aliphatic rings. The monoisotopic (exact) mass is 263 g/mol. The number of carbonyl (C=O) groups excluding carboxylic acids is 1. The van der Waals surface area contributed by atoms with Gasteiger partial charge in [0.05, 0.1) is 12.1 Å². The molecule has 1 aromatic carbocycles. The number of carbonyl (C=O) groups is 2. The fraction of sp³-hybridized carbons (Fsp3) is 0.286. The quantitative estimate of drug-likeness (QED) is 0.910. The number of hydrogen-bond acceptors (Lipinski definition) is 2. The molecule has 0 saturated carbocycles. The molecule has 1 aromatic rings. The number of amides is 1. The van der Waals surface area contributed by atoms with E-state index in [-0.39, 0.29) is 36.7 Å². The average Bonchev–Trinajstić information content (AvgIpc) is 2.36. The van der Waals surface area contributed by atoms with E-state index in [1.807, 2.05) is 0 Å². The molecule has 0 unspecified atom stereocenters. The number of hydrogen-bond donors (Lipinski definition) is 1. The zero-order valence-electron chi connectivity index (χ0n) is 10.5. The zero-order valence-corrected chi connectivity index (χ0v) is 10.5. The smallest absolute Gasteiger partial charge is 0.333 e. The van der Waals surface area contributed by atoms with Crippen molar-refractivity contribution in [3.63, 3.8) is 0 Å². The molecule has 19 heavy (non-hydrogen) atoms. The highest BCUT2D eigenvalue weighted by atomic mass is 19.1. The third kappa shape index (κ3) is 2.81. The van der Waals surface area contributed by atoms with Gasteiger partial charge >= 0.3 is 5.97 Å². The minimum atomic E-state index is -0.992. The molecule has 0 aromatic heterocycles.